The zero-order chi connectivity index (χ0) is 12.8. The summed E-state index contributed by atoms with van der Waals surface area (Å²) in [5.41, 5.74) is 0.795. The van der Waals surface area contributed by atoms with Crippen molar-refractivity contribution in [1.29, 1.82) is 5.26 Å². The summed E-state index contributed by atoms with van der Waals surface area (Å²) in [7, 11) is 0. The van der Waals surface area contributed by atoms with Crippen molar-refractivity contribution in [2.75, 3.05) is 19.6 Å². The Balaban J connectivity index is 1.98. The van der Waals surface area contributed by atoms with Crippen LogP contribution in [0, 0.1) is 11.3 Å². The molecule has 2 rings (SSSR count). The first-order valence-corrected chi connectivity index (χ1v) is 6.94. The molecule has 1 aliphatic heterocycles. The molecule has 0 spiro atoms. The monoisotopic (exact) mass is 242 g/mol. The van der Waals surface area contributed by atoms with E-state index in [0.717, 1.165) is 18.5 Å². The summed E-state index contributed by atoms with van der Waals surface area (Å²) in [6.45, 7) is 5.51. The average molecular weight is 242 g/mol. The molecule has 0 radical (unpaired) electrons. The van der Waals surface area contributed by atoms with E-state index in [9.17, 15) is 5.26 Å². The van der Waals surface area contributed by atoms with E-state index in [2.05, 4.69) is 30.0 Å². The van der Waals surface area contributed by atoms with Crippen LogP contribution in [0.2, 0.25) is 0 Å². The van der Waals surface area contributed by atoms with Crippen LogP contribution in [0.1, 0.15) is 38.2 Å². The van der Waals surface area contributed by atoms with Gasteiger partial charge in [-0.1, -0.05) is 36.8 Å². The van der Waals surface area contributed by atoms with Crippen molar-refractivity contribution in [1.82, 2.24) is 4.90 Å². The fraction of sp³-hybridized carbons (Fsp3) is 0.562. The molecule has 0 unspecified atom stereocenters. The molecule has 2 nitrogen and oxygen atoms in total. The van der Waals surface area contributed by atoms with Crippen LogP contribution in [0.5, 0.6) is 0 Å². The number of benzene rings is 1. The molecule has 0 N–H and O–H groups in total. The summed E-state index contributed by atoms with van der Waals surface area (Å²) in [4.78, 5) is 2.50. The highest BCUT2D eigenvalue weighted by Crippen LogP contribution is 2.27. The third-order valence-electron chi connectivity index (χ3n) is 4.03. The highest BCUT2D eigenvalue weighted by atomic mass is 15.1. The molecule has 2 heteroatoms. The Morgan fingerprint density at radius 3 is 2.44 bits per heavy atom. The van der Waals surface area contributed by atoms with Gasteiger partial charge in [-0.15, -0.1) is 0 Å². The van der Waals surface area contributed by atoms with Crippen molar-refractivity contribution in [3.05, 3.63) is 35.9 Å². The summed E-state index contributed by atoms with van der Waals surface area (Å²) >= 11 is 0. The molecule has 1 aromatic rings. The first-order chi connectivity index (χ1) is 8.74. The zero-order valence-corrected chi connectivity index (χ0v) is 11.2. The summed E-state index contributed by atoms with van der Waals surface area (Å²) in [6, 6.07) is 12.7. The Labute approximate surface area is 110 Å². The molecule has 1 saturated heterocycles. The predicted molar refractivity (Wildman–Crippen MR) is 74.3 cm³/mol. The van der Waals surface area contributed by atoms with E-state index in [1.54, 1.807) is 0 Å². The molecule has 0 amide bonds. The number of nitrogens with zero attached hydrogens (tertiary/aromatic N) is 2. The van der Waals surface area contributed by atoms with Crippen molar-refractivity contribution in [3.63, 3.8) is 0 Å². The number of rotatable bonds is 4. The fourth-order valence-electron chi connectivity index (χ4n) is 2.64. The molecule has 96 valence electrons. The van der Waals surface area contributed by atoms with Gasteiger partial charge < -0.3 is 4.90 Å². The lowest BCUT2D eigenvalue weighted by Gasteiger charge is -2.30. The number of likely N-dealkylation sites (tertiary alicyclic amines) is 1. The second-order valence-electron chi connectivity index (χ2n) is 5.46. The summed E-state index contributed by atoms with van der Waals surface area (Å²) in [6.07, 6.45) is 4.92. The van der Waals surface area contributed by atoms with E-state index in [-0.39, 0.29) is 5.41 Å². The average Bonchev–Trinajstić information content (AvgIpc) is 2.47. The van der Waals surface area contributed by atoms with Gasteiger partial charge >= 0.3 is 0 Å². The molecule has 0 saturated carbocycles. The van der Waals surface area contributed by atoms with Gasteiger partial charge in [0.05, 0.1) is 11.5 Å². The number of hydrogen-bond donors (Lipinski definition) is 0. The van der Waals surface area contributed by atoms with E-state index < -0.39 is 0 Å². The maximum atomic E-state index is 9.50. The molecular weight excluding hydrogens is 220 g/mol. The molecule has 1 aromatic carbocycles. The maximum absolute atomic E-state index is 9.50. The van der Waals surface area contributed by atoms with Crippen molar-refractivity contribution < 1.29 is 0 Å². The van der Waals surface area contributed by atoms with Crippen molar-refractivity contribution in [3.8, 4) is 6.07 Å². The predicted octanol–water partition coefficient (Wildman–Crippen LogP) is 3.34. The molecule has 18 heavy (non-hydrogen) atoms. The van der Waals surface area contributed by atoms with Gasteiger partial charge in [0.25, 0.3) is 0 Å². The van der Waals surface area contributed by atoms with Crippen LogP contribution in [0.15, 0.2) is 30.3 Å². The largest absolute Gasteiger partial charge is 0.303 e. The molecule has 1 atom stereocenters. The first kappa shape index (κ1) is 13.1. The van der Waals surface area contributed by atoms with Gasteiger partial charge in [-0.05, 0) is 51.4 Å². The molecule has 1 aliphatic rings. The van der Waals surface area contributed by atoms with Crippen LogP contribution in [-0.2, 0) is 5.41 Å². The lowest BCUT2D eigenvalue weighted by Crippen LogP contribution is -2.34. The van der Waals surface area contributed by atoms with Crippen LogP contribution >= 0.6 is 0 Å². The molecule has 0 aliphatic carbocycles. The molecule has 0 bridgehead atoms. The van der Waals surface area contributed by atoms with Gasteiger partial charge in [-0.2, -0.15) is 5.26 Å². The molecule has 0 aromatic heterocycles. The number of hydrogen-bond acceptors (Lipinski definition) is 2. The topological polar surface area (TPSA) is 27.0 Å². The van der Waals surface area contributed by atoms with E-state index in [1.165, 1.54) is 32.4 Å². The van der Waals surface area contributed by atoms with Gasteiger partial charge in [0, 0.05) is 0 Å². The summed E-state index contributed by atoms with van der Waals surface area (Å²) in [5.74, 6) is 0. The quantitative estimate of drug-likeness (QED) is 0.809. The van der Waals surface area contributed by atoms with Crippen LogP contribution in [0.25, 0.3) is 0 Å². The number of piperidine rings is 1. The Morgan fingerprint density at radius 1 is 1.17 bits per heavy atom. The van der Waals surface area contributed by atoms with Gasteiger partial charge in [-0.25, -0.2) is 0 Å². The normalized spacial score (nSPS) is 20.0. The number of nitriles is 1. The smallest absolute Gasteiger partial charge is 0.0806 e. The lowest BCUT2D eigenvalue weighted by atomic mass is 9.81. The van der Waals surface area contributed by atoms with Crippen molar-refractivity contribution in [2.24, 2.45) is 0 Å². The lowest BCUT2D eigenvalue weighted by molar-refractivity contribution is 0.215. The summed E-state index contributed by atoms with van der Waals surface area (Å²) < 4.78 is 0. The van der Waals surface area contributed by atoms with Crippen molar-refractivity contribution >= 4 is 0 Å². The van der Waals surface area contributed by atoms with Crippen LogP contribution < -0.4 is 0 Å². The summed E-state index contributed by atoms with van der Waals surface area (Å²) in [5, 5.41) is 9.50. The Morgan fingerprint density at radius 2 is 1.83 bits per heavy atom. The van der Waals surface area contributed by atoms with Gasteiger partial charge in [-0.3, -0.25) is 0 Å². The van der Waals surface area contributed by atoms with E-state index in [0.29, 0.717) is 0 Å². The third-order valence-corrected chi connectivity index (χ3v) is 4.03. The second kappa shape index (κ2) is 6.02. The second-order valence-corrected chi connectivity index (χ2v) is 5.46. The molecule has 1 fully saturated rings. The third kappa shape index (κ3) is 3.11. The Hall–Kier alpha value is -1.33. The van der Waals surface area contributed by atoms with E-state index in [4.69, 9.17) is 0 Å². The Kier molecular flexibility index (Phi) is 4.38. The molecule has 1 heterocycles. The van der Waals surface area contributed by atoms with Crippen LogP contribution in [0.3, 0.4) is 0 Å². The minimum atomic E-state index is -0.349. The standard InChI is InChI=1S/C16H22N2/c1-16(14-17,15-8-4-2-5-9-15)10-13-18-11-6-3-7-12-18/h2,4-5,8-9H,3,6-7,10-13H2,1H3/t16-/m1/s1. The minimum absolute atomic E-state index is 0.349. The molecular formula is C16H22N2. The highest BCUT2D eigenvalue weighted by molar-refractivity contribution is 5.30. The minimum Gasteiger partial charge on any atom is -0.303 e. The van der Waals surface area contributed by atoms with Crippen LogP contribution in [-0.4, -0.2) is 24.5 Å². The van der Waals surface area contributed by atoms with E-state index >= 15 is 0 Å². The van der Waals surface area contributed by atoms with E-state index in [1.807, 2.05) is 18.2 Å². The highest BCUT2D eigenvalue weighted by Gasteiger charge is 2.27. The van der Waals surface area contributed by atoms with Crippen molar-refractivity contribution in [2.45, 2.75) is 38.0 Å². The first-order valence-electron chi connectivity index (χ1n) is 6.94. The van der Waals surface area contributed by atoms with Gasteiger partial charge in [0.2, 0.25) is 0 Å². The Bertz CT molecular complexity index is 401. The fourth-order valence-corrected chi connectivity index (χ4v) is 2.64. The maximum Gasteiger partial charge on any atom is 0.0806 e. The van der Waals surface area contributed by atoms with Gasteiger partial charge in [0.1, 0.15) is 0 Å². The van der Waals surface area contributed by atoms with Crippen LogP contribution in [0.4, 0.5) is 0 Å². The van der Waals surface area contributed by atoms with Gasteiger partial charge in [0.15, 0.2) is 0 Å². The SMILES string of the molecule is C[C@](C#N)(CCN1CCCCC1)c1ccccc1. The zero-order valence-electron chi connectivity index (χ0n) is 11.2.